The third-order valence-corrected chi connectivity index (χ3v) is 1.82. The largest absolute Gasteiger partial charge is 0.508 e. The van der Waals surface area contributed by atoms with E-state index in [-0.39, 0.29) is 18.1 Å². The van der Waals surface area contributed by atoms with Crippen molar-refractivity contribution in [1.29, 1.82) is 0 Å². The molecule has 0 unspecified atom stereocenters. The second-order valence-electron chi connectivity index (χ2n) is 3.00. The van der Waals surface area contributed by atoms with E-state index in [2.05, 4.69) is 0 Å². The second-order valence-corrected chi connectivity index (χ2v) is 3.00. The molecular formula is C12H14O3. The summed E-state index contributed by atoms with van der Waals surface area (Å²) >= 11 is 0. The van der Waals surface area contributed by atoms with Crippen LogP contribution >= 0.6 is 0 Å². The van der Waals surface area contributed by atoms with Gasteiger partial charge >= 0.3 is 0 Å². The van der Waals surface area contributed by atoms with Crippen LogP contribution in [0.3, 0.4) is 0 Å². The zero-order chi connectivity index (χ0) is 11.3. The van der Waals surface area contributed by atoms with E-state index in [0.717, 1.165) is 10.8 Å². The predicted octanol–water partition coefficient (Wildman–Crippen LogP) is 2.25. The first-order chi connectivity index (χ1) is 7.19. The third-order valence-electron chi connectivity index (χ3n) is 1.82. The third kappa shape index (κ3) is 2.86. The minimum Gasteiger partial charge on any atom is -0.508 e. The summed E-state index contributed by atoms with van der Waals surface area (Å²) in [4.78, 5) is 0. The van der Waals surface area contributed by atoms with Crippen molar-refractivity contribution in [2.45, 2.75) is 6.92 Å². The van der Waals surface area contributed by atoms with Gasteiger partial charge in [0.15, 0.2) is 0 Å². The van der Waals surface area contributed by atoms with Gasteiger partial charge in [0.05, 0.1) is 0 Å². The minimum atomic E-state index is 0.0891. The molecule has 0 aliphatic carbocycles. The van der Waals surface area contributed by atoms with Crippen molar-refractivity contribution < 1.29 is 15.3 Å². The first kappa shape index (κ1) is 11.3. The highest BCUT2D eigenvalue weighted by Crippen LogP contribution is 2.28. The Balaban J connectivity index is 0.000000337. The molecular weight excluding hydrogens is 192 g/mol. The summed E-state index contributed by atoms with van der Waals surface area (Å²) in [7, 11) is 0. The van der Waals surface area contributed by atoms with Gasteiger partial charge in [-0.2, -0.15) is 0 Å². The Bertz CT molecular complexity index is 438. The van der Waals surface area contributed by atoms with Crippen molar-refractivity contribution in [1.82, 2.24) is 0 Å². The molecule has 3 N–H and O–H groups in total. The Morgan fingerprint density at radius 2 is 1.67 bits per heavy atom. The van der Waals surface area contributed by atoms with Gasteiger partial charge in [-0.15, -0.1) is 0 Å². The lowest BCUT2D eigenvalue weighted by atomic mass is 10.1. The molecule has 0 heterocycles. The van der Waals surface area contributed by atoms with Crippen LogP contribution in [-0.2, 0) is 0 Å². The number of benzene rings is 2. The summed E-state index contributed by atoms with van der Waals surface area (Å²) in [6.45, 7) is 1.93. The van der Waals surface area contributed by atoms with E-state index in [1.165, 1.54) is 6.07 Å². The summed E-state index contributed by atoms with van der Waals surface area (Å²) in [5.41, 5.74) is 0. The van der Waals surface area contributed by atoms with Crippen molar-refractivity contribution in [2.75, 3.05) is 6.61 Å². The molecule has 3 nitrogen and oxygen atoms in total. The second kappa shape index (κ2) is 5.22. The highest BCUT2D eigenvalue weighted by Gasteiger charge is 1.99. The lowest BCUT2D eigenvalue weighted by Crippen LogP contribution is -1.73. The normalized spacial score (nSPS) is 9.47. The average molecular weight is 206 g/mol. The fourth-order valence-corrected chi connectivity index (χ4v) is 1.27. The van der Waals surface area contributed by atoms with Gasteiger partial charge in [0.25, 0.3) is 0 Å². The topological polar surface area (TPSA) is 60.7 Å². The molecule has 0 spiro atoms. The van der Waals surface area contributed by atoms with E-state index in [0.29, 0.717) is 0 Å². The van der Waals surface area contributed by atoms with Gasteiger partial charge in [0.2, 0.25) is 0 Å². The molecule has 0 aromatic heterocycles. The number of phenols is 2. The predicted molar refractivity (Wildman–Crippen MR) is 60.0 cm³/mol. The highest BCUT2D eigenvalue weighted by atomic mass is 16.3. The van der Waals surface area contributed by atoms with Crippen molar-refractivity contribution in [3.05, 3.63) is 36.4 Å². The maximum absolute atomic E-state index is 9.39. The molecule has 0 radical (unpaired) electrons. The van der Waals surface area contributed by atoms with Crippen LogP contribution in [0.25, 0.3) is 10.8 Å². The van der Waals surface area contributed by atoms with Gasteiger partial charge in [-0.3, -0.25) is 0 Å². The smallest absolute Gasteiger partial charge is 0.127 e. The summed E-state index contributed by atoms with van der Waals surface area (Å²) in [6.07, 6.45) is 0. The summed E-state index contributed by atoms with van der Waals surface area (Å²) in [6, 6.07) is 10.3. The maximum Gasteiger partial charge on any atom is 0.127 e. The van der Waals surface area contributed by atoms with E-state index in [1.807, 2.05) is 24.3 Å². The number of aliphatic hydroxyl groups is 1. The summed E-state index contributed by atoms with van der Waals surface area (Å²) < 4.78 is 0. The maximum atomic E-state index is 9.39. The van der Waals surface area contributed by atoms with Crippen LogP contribution in [0.1, 0.15) is 6.92 Å². The number of hydrogen-bond acceptors (Lipinski definition) is 3. The molecule has 2 aromatic carbocycles. The first-order valence-electron chi connectivity index (χ1n) is 4.70. The molecule has 0 amide bonds. The Labute approximate surface area is 88.2 Å². The van der Waals surface area contributed by atoms with Crippen LogP contribution < -0.4 is 0 Å². The summed E-state index contributed by atoms with van der Waals surface area (Å²) in [5, 5.41) is 27.7. The van der Waals surface area contributed by atoms with Crippen LogP contribution in [-0.4, -0.2) is 21.9 Å². The van der Waals surface area contributed by atoms with E-state index < -0.39 is 0 Å². The van der Waals surface area contributed by atoms with Gasteiger partial charge in [0.1, 0.15) is 11.5 Å². The first-order valence-corrected chi connectivity index (χ1v) is 4.70. The average Bonchev–Trinajstić information content (AvgIpc) is 2.18. The zero-order valence-corrected chi connectivity index (χ0v) is 8.51. The quantitative estimate of drug-likeness (QED) is 0.619. The van der Waals surface area contributed by atoms with E-state index in [9.17, 15) is 5.11 Å². The van der Waals surface area contributed by atoms with E-state index >= 15 is 0 Å². The van der Waals surface area contributed by atoms with E-state index in [4.69, 9.17) is 10.2 Å². The number of fused-ring (bicyclic) bond motifs is 1. The molecule has 0 fully saturated rings. The number of aliphatic hydroxyl groups excluding tert-OH is 1. The Morgan fingerprint density at radius 3 is 2.33 bits per heavy atom. The lowest BCUT2D eigenvalue weighted by molar-refractivity contribution is 0.318. The van der Waals surface area contributed by atoms with Crippen LogP contribution in [0.5, 0.6) is 11.5 Å². The molecule has 2 aromatic rings. The fraction of sp³-hybridized carbons (Fsp3) is 0.167. The molecule has 0 saturated carbocycles. The number of aromatic hydroxyl groups is 2. The van der Waals surface area contributed by atoms with Crippen molar-refractivity contribution >= 4 is 10.8 Å². The Hall–Kier alpha value is -1.74. The Kier molecular flexibility index (Phi) is 3.94. The van der Waals surface area contributed by atoms with Crippen LogP contribution in [0.2, 0.25) is 0 Å². The molecule has 0 aliphatic rings. The van der Waals surface area contributed by atoms with Crippen LogP contribution in [0.4, 0.5) is 0 Å². The van der Waals surface area contributed by atoms with Gasteiger partial charge in [0, 0.05) is 18.1 Å². The minimum absolute atomic E-state index is 0.0891. The Morgan fingerprint density at radius 1 is 1.07 bits per heavy atom. The van der Waals surface area contributed by atoms with Crippen molar-refractivity contribution in [3.63, 3.8) is 0 Å². The van der Waals surface area contributed by atoms with Crippen LogP contribution in [0, 0.1) is 0 Å². The summed E-state index contributed by atoms with van der Waals surface area (Å²) in [5.74, 6) is 0.205. The molecule has 0 bridgehead atoms. The number of rotatable bonds is 0. The van der Waals surface area contributed by atoms with E-state index in [1.54, 1.807) is 13.0 Å². The van der Waals surface area contributed by atoms with Crippen molar-refractivity contribution in [3.8, 4) is 11.5 Å². The SMILES string of the molecule is CCO.Oc1cc(O)c2ccccc2c1. The van der Waals surface area contributed by atoms with Gasteiger partial charge in [-0.25, -0.2) is 0 Å². The zero-order valence-electron chi connectivity index (χ0n) is 8.51. The molecule has 0 atom stereocenters. The van der Waals surface area contributed by atoms with Crippen molar-refractivity contribution in [2.24, 2.45) is 0 Å². The van der Waals surface area contributed by atoms with Crippen LogP contribution in [0.15, 0.2) is 36.4 Å². The number of hydrogen-bond donors (Lipinski definition) is 3. The molecule has 80 valence electrons. The standard InChI is InChI=1S/C10H8O2.C2H6O/c11-8-5-7-3-1-2-4-9(7)10(12)6-8;1-2-3/h1-6,11-12H;3H,2H2,1H3. The van der Waals surface area contributed by atoms with Gasteiger partial charge in [-0.1, -0.05) is 24.3 Å². The molecule has 3 heteroatoms. The van der Waals surface area contributed by atoms with Gasteiger partial charge in [-0.05, 0) is 18.4 Å². The highest BCUT2D eigenvalue weighted by molar-refractivity contribution is 5.89. The fourth-order valence-electron chi connectivity index (χ4n) is 1.27. The molecule has 2 rings (SSSR count). The molecule has 15 heavy (non-hydrogen) atoms. The molecule has 0 aliphatic heterocycles. The number of phenolic OH excluding ortho intramolecular Hbond substituents is 2. The molecule has 0 saturated heterocycles. The van der Waals surface area contributed by atoms with Gasteiger partial charge < -0.3 is 15.3 Å². The monoisotopic (exact) mass is 206 g/mol. The lowest BCUT2D eigenvalue weighted by Gasteiger charge is -2.00.